The minimum atomic E-state index is -0.455. The molecule has 0 heterocycles. The van der Waals surface area contributed by atoms with Crippen LogP contribution in [0.25, 0.3) is 0 Å². The number of hydrogen-bond donors (Lipinski definition) is 0. The predicted octanol–water partition coefficient (Wildman–Crippen LogP) is 1.28. The Kier molecular flexibility index (Phi) is 8.97. The molecule has 1 atom stereocenters. The van der Waals surface area contributed by atoms with Gasteiger partial charge in [-0.2, -0.15) is 0 Å². The highest BCUT2D eigenvalue weighted by Crippen LogP contribution is 2.18. The van der Waals surface area contributed by atoms with E-state index in [-0.39, 0.29) is 6.42 Å². The van der Waals surface area contributed by atoms with E-state index in [1.165, 1.54) is 0 Å². The molecule has 0 saturated carbocycles. The van der Waals surface area contributed by atoms with E-state index in [1.54, 1.807) is 6.08 Å². The van der Waals surface area contributed by atoms with E-state index in [9.17, 15) is 19.2 Å². The first-order valence-corrected chi connectivity index (χ1v) is 5.25. The van der Waals surface area contributed by atoms with Gasteiger partial charge in [0, 0.05) is 25.2 Å². The molecule has 0 N–H and O–H groups in total. The lowest BCUT2D eigenvalue weighted by Crippen LogP contribution is -2.07. The zero-order valence-electron chi connectivity index (χ0n) is 9.13. The molecule has 0 fully saturated rings. The second kappa shape index (κ2) is 9.96. The van der Waals surface area contributed by atoms with Gasteiger partial charge < -0.3 is 19.2 Å². The molecule has 4 heteroatoms. The summed E-state index contributed by atoms with van der Waals surface area (Å²) < 4.78 is 0. The molecule has 16 heavy (non-hydrogen) atoms. The molecular weight excluding hydrogens is 208 g/mol. The van der Waals surface area contributed by atoms with Gasteiger partial charge in [-0.3, -0.25) is 0 Å². The van der Waals surface area contributed by atoms with Crippen LogP contribution in [0.4, 0.5) is 0 Å². The minimum absolute atomic E-state index is 0.134. The van der Waals surface area contributed by atoms with E-state index in [2.05, 4.69) is 0 Å². The summed E-state index contributed by atoms with van der Waals surface area (Å²) in [6.07, 6.45) is 6.61. The molecule has 0 aliphatic rings. The Morgan fingerprint density at radius 2 is 1.56 bits per heavy atom. The summed E-state index contributed by atoms with van der Waals surface area (Å²) in [5.74, 6) is -0.455. The van der Waals surface area contributed by atoms with Crippen molar-refractivity contribution in [2.45, 2.75) is 32.1 Å². The van der Waals surface area contributed by atoms with E-state index in [4.69, 9.17) is 0 Å². The highest BCUT2D eigenvalue weighted by Gasteiger charge is 2.12. The van der Waals surface area contributed by atoms with Gasteiger partial charge in [-0.1, -0.05) is 11.6 Å². The molecule has 0 aliphatic heterocycles. The maximum atomic E-state index is 10.8. The number of rotatable bonds is 10. The van der Waals surface area contributed by atoms with Gasteiger partial charge in [0.15, 0.2) is 0 Å². The summed E-state index contributed by atoms with van der Waals surface area (Å²) in [5.41, 5.74) is 0.774. The van der Waals surface area contributed by atoms with Crippen molar-refractivity contribution >= 4 is 25.1 Å². The Balaban J connectivity index is 4.51. The Labute approximate surface area is 94.7 Å². The van der Waals surface area contributed by atoms with E-state index >= 15 is 0 Å². The molecule has 0 spiro atoms. The number of allylic oxidation sites excluding steroid dienone is 2. The molecule has 0 aromatic carbocycles. The highest BCUT2D eigenvalue weighted by molar-refractivity contribution is 5.66. The number of carbonyl (C=O) groups is 4. The molecule has 0 aromatic heterocycles. The van der Waals surface area contributed by atoms with Crippen molar-refractivity contribution in [3.05, 3.63) is 11.6 Å². The molecule has 88 valence electrons. The third-order valence-electron chi connectivity index (χ3n) is 2.23. The first-order valence-electron chi connectivity index (χ1n) is 5.25. The summed E-state index contributed by atoms with van der Waals surface area (Å²) in [5, 5.41) is 0. The van der Waals surface area contributed by atoms with Gasteiger partial charge in [0.1, 0.15) is 25.1 Å². The second-order valence-corrected chi connectivity index (χ2v) is 3.37. The van der Waals surface area contributed by atoms with Crippen LogP contribution in [0.15, 0.2) is 11.6 Å². The SMILES string of the molecule is O=CCCC=C(CCC=O)C(C=O)CC=O. The standard InChI is InChI=1S/C12H16O4/c13-7-2-1-4-11(5-3-8-14)12(10-16)6-9-15/h4,7-10,12H,1-3,5-6H2. The van der Waals surface area contributed by atoms with Gasteiger partial charge in [0.05, 0.1) is 0 Å². The zero-order valence-corrected chi connectivity index (χ0v) is 9.13. The van der Waals surface area contributed by atoms with Crippen LogP contribution in [0.1, 0.15) is 32.1 Å². The van der Waals surface area contributed by atoms with Crippen molar-refractivity contribution in [3.8, 4) is 0 Å². The van der Waals surface area contributed by atoms with Gasteiger partial charge in [-0.15, -0.1) is 0 Å². The van der Waals surface area contributed by atoms with E-state index < -0.39 is 5.92 Å². The maximum absolute atomic E-state index is 10.8. The summed E-state index contributed by atoms with van der Waals surface area (Å²) in [4.78, 5) is 41.6. The van der Waals surface area contributed by atoms with Gasteiger partial charge >= 0.3 is 0 Å². The van der Waals surface area contributed by atoms with Crippen LogP contribution in [-0.4, -0.2) is 25.1 Å². The smallest absolute Gasteiger partial charge is 0.127 e. The molecule has 0 aromatic rings. The quantitative estimate of drug-likeness (QED) is 0.318. The van der Waals surface area contributed by atoms with Crippen molar-refractivity contribution in [2.75, 3.05) is 0 Å². The first-order chi connectivity index (χ1) is 7.79. The fourth-order valence-corrected chi connectivity index (χ4v) is 1.40. The third-order valence-corrected chi connectivity index (χ3v) is 2.23. The van der Waals surface area contributed by atoms with Crippen LogP contribution in [-0.2, 0) is 19.2 Å². The van der Waals surface area contributed by atoms with Gasteiger partial charge in [0.25, 0.3) is 0 Å². The lowest BCUT2D eigenvalue weighted by atomic mass is 9.93. The molecule has 0 amide bonds. The fourth-order valence-electron chi connectivity index (χ4n) is 1.40. The topological polar surface area (TPSA) is 68.3 Å². The lowest BCUT2D eigenvalue weighted by molar-refractivity contribution is -0.114. The molecule has 0 aliphatic carbocycles. The minimum Gasteiger partial charge on any atom is -0.303 e. The van der Waals surface area contributed by atoms with Crippen LogP contribution in [0.3, 0.4) is 0 Å². The molecule has 4 nitrogen and oxygen atoms in total. The van der Waals surface area contributed by atoms with Crippen molar-refractivity contribution < 1.29 is 19.2 Å². The van der Waals surface area contributed by atoms with E-state index in [1.807, 2.05) is 0 Å². The number of unbranched alkanes of at least 4 members (excludes halogenated alkanes) is 1. The van der Waals surface area contributed by atoms with Crippen LogP contribution < -0.4 is 0 Å². The third kappa shape index (κ3) is 6.01. The summed E-state index contributed by atoms with van der Waals surface area (Å²) in [7, 11) is 0. The average Bonchev–Trinajstić information content (AvgIpc) is 2.31. The van der Waals surface area contributed by atoms with Crippen LogP contribution in [0.2, 0.25) is 0 Å². The lowest BCUT2D eigenvalue weighted by Gasteiger charge is -2.11. The largest absolute Gasteiger partial charge is 0.303 e. The highest BCUT2D eigenvalue weighted by atomic mass is 16.1. The number of aldehydes is 4. The van der Waals surface area contributed by atoms with Crippen LogP contribution in [0, 0.1) is 5.92 Å². The van der Waals surface area contributed by atoms with Crippen molar-refractivity contribution in [3.63, 3.8) is 0 Å². The average molecular weight is 224 g/mol. The Bertz CT molecular complexity index is 268. The van der Waals surface area contributed by atoms with Crippen LogP contribution >= 0.6 is 0 Å². The van der Waals surface area contributed by atoms with Crippen molar-refractivity contribution in [1.29, 1.82) is 0 Å². The van der Waals surface area contributed by atoms with E-state index in [0.717, 1.165) is 18.1 Å². The van der Waals surface area contributed by atoms with Gasteiger partial charge in [-0.25, -0.2) is 0 Å². The number of hydrogen-bond acceptors (Lipinski definition) is 4. The molecule has 0 saturated heterocycles. The first kappa shape index (κ1) is 14.4. The summed E-state index contributed by atoms with van der Waals surface area (Å²) in [6, 6.07) is 0. The van der Waals surface area contributed by atoms with Crippen LogP contribution in [0.5, 0.6) is 0 Å². The molecular formula is C12H16O4. The fraction of sp³-hybridized carbons (Fsp3) is 0.500. The second-order valence-electron chi connectivity index (χ2n) is 3.37. The summed E-state index contributed by atoms with van der Waals surface area (Å²) >= 11 is 0. The molecule has 0 rings (SSSR count). The van der Waals surface area contributed by atoms with Crippen molar-refractivity contribution in [2.24, 2.45) is 5.92 Å². The van der Waals surface area contributed by atoms with Gasteiger partial charge in [0.2, 0.25) is 0 Å². The Hall–Kier alpha value is -1.58. The Morgan fingerprint density at radius 3 is 2.06 bits per heavy atom. The number of carbonyl (C=O) groups excluding carboxylic acids is 4. The molecule has 1 unspecified atom stereocenters. The zero-order chi connectivity index (χ0) is 12.2. The summed E-state index contributed by atoms with van der Waals surface area (Å²) in [6.45, 7) is 0. The van der Waals surface area contributed by atoms with Gasteiger partial charge in [-0.05, 0) is 12.8 Å². The maximum Gasteiger partial charge on any atom is 0.127 e. The monoisotopic (exact) mass is 224 g/mol. The Morgan fingerprint density at radius 1 is 0.875 bits per heavy atom. The molecule has 0 bridgehead atoms. The predicted molar refractivity (Wildman–Crippen MR) is 58.9 cm³/mol. The van der Waals surface area contributed by atoms with Crippen molar-refractivity contribution in [1.82, 2.24) is 0 Å². The normalized spacial score (nSPS) is 12.9. The van der Waals surface area contributed by atoms with E-state index in [0.29, 0.717) is 38.3 Å². The molecule has 0 radical (unpaired) electrons.